The molecule has 9 nitrogen and oxygen atoms in total. The molecule has 2 saturated heterocycles. The van der Waals surface area contributed by atoms with Gasteiger partial charge in [0.05, 0.1) is 33.3 Å². The van der Waals surface area contributed by atoms with Crippen molar-refractivity contribution in [1.82, 2.24) is 5.06 Å². The lowest BCUT2D eigenvalue weighted by atomic mass is 9.74. The molecule has 0 saturated carbocycles. The van der Waals surface area contributed by atoms with Gasteiger partial charge >= 0.3 is 23.1 Å². The van der Waals surface area contributed by atoms with Crippen LogP contribution in [0.4, 0.5) is 0 Å². The highest BCUT2D eigenvalue weighted by atomic mass is 28.5. The van der Waals surface area contributed by atoms with Crippen LogP contribution in [0.15, 0.2) is 66.7 Å². The van der Waals surface area contributed by atoms with Gasteiger partial charge in [0.2, 0.25) is 0 Å². The average Bonchev–Trinajstić information content (AvgIpc) is 3.22. The molecule has 0 aromatic heterocycles. The minimum Gasteiger partial charge on any atom is -0.497 e. The molecule has 0 radical (unpaired) electrons. The molecule has 4 atom stereocenters. The van der Waals surface area contributed by atoms with Gasteiger partial charge in [0.25, 0.3) is 0 Å². The molecular weight excluding hydrogens is 631 g/mol. The molecule has 47 heavy (non-hydrogen) atoms. The summed E-state index contributed by atoms with van der Waals surface area (Å²) in [5.74, 6) is 0.414. The third kappa shape index (κ3) is 6.66. The molecule has 258 valence electrons. The minimum atomic E-state index is -3.11. The van der Waals surface area contributed by atoms with Crippen molar-refractivity contribution in [2.24, 2.45) is 0 Å². The van der Waals surface area contributed by atoms with E-state index in [0.717, 1.165) is 16.9 Å². The summed E-state index contributed by atoms with van der Waals surface area (Å²) < 4.78 is 33.9. The Kier molecular flexibility index (Phi) is 10.6. The number of rotatable bonds is 11. The Morgan fingerprint density at radius 3 is 1.96 bits per heavy atom. The van der Waals surface area contributed by atoms with Crippen molar-refractivity contribution in [1.29, 1.82) is 0 Å². The second-order valence-corrected chi connectivity index (χ2v) is 23.4. The van der Waals surface area contributed by atoms with Crippen molar-refractivity contribution in [2.75, 3.05) is 13.7 Å². The molecular formula is C36H53NO8Si2. The van der Waals surface area contributed by atoms with Gasteiger partial charge in [-0.25, -0.2) is 0 Å². The molecule has 1 N–H and O–H groups in total. The Labute approximate surface area is 282 Å². The first-order chi connectivity index (χ1) is 22.2. The normalized spacial score (nSPS) is 28.7. The van der Waals surface area contributed by atoms with Crippen LogP contribution in [-0.4, -0.2) is 70.3 Å². The summed E-state index contributed by atoms with van der Waals surface area (Å²) in [7, 11) is -4.58. The summed E-state index contributed by atoms with van der Waals surface area (Å²) in [6, 6.07) is 17.6. The number of fused-ring (bicyclic) bond motifs is 2. The standard InChI is InChI=1S/C36H53NO8Si2/c1-25(2)46(26(3)4)43-33-34(44-47(45-46,27(5)6)28(7)8)36(39,24-41-23-30-15-17-31(40-9)18-16-30)20-19-35(33)21-32(38)42-37(35)22-29-13-11-10-12-14-29/h10-20,25-28,33-34,39H,21-24H2,1-9H3/t33-,34+,35+,36-/m1/s1. The fourth-order valence-electron chi connectivity index (χ4n) is 7.43. The first-order valence-electron chi connectivity index (χ1n) is 16.9. The molecule has 0 bridgehead atoms. The van der Waals surface area contributed by atoms with Gasteiger partial charge in [-0.05, 0) is 45.4 Å². The molecule has 5 rings (SSSR count). The molecule has 0 amide bonds. The summed E-state index contributed by atoms with van der Waals surface area (Å²) in [6.45, 7) is 17.9. The van der Waals surface area contributed by atoms with E-state index in [1.807, 2.05) is 60.7 Å². The molecule has 2 aromatic rings. The molecule has 2 fully saturated rings. The smallest absolute Gasteiger partial charge is 0.335 e. The van der Waals surface area contributed by atoms with E-state index in [-0.39, 0.29) is 47.8 Å². The number of benzene rings is 2. The number of hydroxylamine groups is 2. The van der Waals surface area contributed by atoms with Crippen molar-refractivity contribution in [2.45, 2.75) is 120 Å². The van der Waals surface area contributed by atoms with Crippen LogP contribution in [0.2, 0.25) is 22.2 Å². The van der Waals surface area contributed by atoms with Crippen LogP contribution in [-0.2, 0) is 40.5 Å². The maximum Gasteiger partial charge on any atom is 0.335 e. The van der Waals surface area contributed by atoms with Crippen LogP contribution in [0.3, 0.4) is 0 Å². The Morgan fingerprint density at radius 1 is 0.830 bits per heavy atom. The number of ether oxygens (including phenoxy) is 2. The van der Waals surface area contributed by atoms with Crippen LogP contribution in [0.5, 0.6) is 5.75 Å². The zero-order valence-corrected chi connectivity index (χ0v) is 31.4. The topological polar surface area (TPSA) is 95.9 Å². The fourth-order valence-corrected chi connectivity index (χ4v) is 18.8. The van der Waals surface area contributed by atoms with Crippen LogP contribution in [0, 0.1) is 0 Å². The van der Waals surface area contributed by atoms with Crippen molar-refractivity contribution in [3.05, 3.63) is 77.9 Å². The highest BCUT2D eigenvalue weighted by Gasteiger charge is 2.69. The van der Waals surface area contributed by atoms with Gasteiger partial charge in [0.15, 0.2) is 0 Å². The van der Waals surface area contributed by atoms with E-state index >= 15 is 0 Å². The summed E-state index contributed by atoms with van der Waals surface area (Å²) in [4.78, 5) is 19.3. The second-order valence-electron chi connectivity index (χ2n) is 14.6. The van der Waals surface area contributed by atoms with Gasteiger partial charge in [0, 0.05) is 0 Å². The minimum absolute atomic E-state index is 0.0395. The number of carbonyl (C=O) groups excluding carboxylic acids is 1. The maximum atomic E-state index is 13.3. The lowest BCUT2D eigenvalue weighted by molar-refractivity contribution is -0.215. The second kappa shape index (κ2) is 13.9. The lowest BCUT2D eigenvalue weighted by Gasteiger charge is -2.51. The Morgan fingerprint density at radius 2 is 1.40 bits per heavy atom. The molecule has 2 aliphatic heterocycles. The van der Waals surface area contributed by atoms with Crippen molar-refractivity contribution >= 4 is 23.1 Å². The maximum absolute atomic E-state index is 13.3. The molecule has 11 heteroatoms. The Balaban J connectivity index is 1.63. The van der Waals surface area contributed by atoms with E-state index in [1.165, 1.54) is 0 Å². The molecule has 2 aromatic carbocycles. The molecule has 0 unspecified atom stereocenters. The summed E-state index contributed by atoms with van der Waals surface area (Å²) in [5.41, 5.74) is -0.420. The van der Waals surface area contributed by atoms with Crippen LogP contribution < -0.4 is 4.74 Å². The summed E-state index contributed by atoms with van der Waals surface area (Å²) in [5, 5.41) is 14.4. The third-order valence-corrected chi connectivity index (χ3v) is 20.3. The van der Waals surface area contributed by atoms with E-state index in [1.54, 1.807) is 18.2 Å². The number of aliphatic hydroxyl groups is 1. The molecule has 3 aliphatic rings. The summed E-state index contributed by atoms with van der Waals surface area (Å²) >= 11 is 0. The predicted molar refractivity (Wildman–Crippen MR) is 185 cm³/mol. The predicted octanol–water partition coefficient (Wildman–Crippen LogP) is 6.94. The number of carbonyl (C=O) groups is 1. The quantitative estimate of drug-likeness (QED) is 0.200. The van der Waals surface area contributed by atoms with Gasteiger partial charge in [-0.15, -0.1) is 5.06 Å². The number of hydrogen-bond acceptors (Lipinski definition) is 9. The molecule has 2 heterocycles. The van der Waals surface area contributed by atoms with Gasteiger partial charge in [-0.2, -0.15) is 0 Å². The van der Waals surface area contributed by atoms with Crippen molar-refractivity contribution in [3.8, 4) is 5.75 Å². The van der Waals surface area contributed by atoms with E-state index in [2.05, 4.69) is 55.4 Å². The highest BCUT2D eigenvalue weighted by molar-refractivity contribution is 6.84. The van der Waals surface area contributed by atoms with Crippen LogP contribution in [0.25, 0.3) is 0 Å². The van der Waals surface area contributed by atoms with Gasteiger partial charge < -0.3 is 32.4 Å². The zero-order chi connectivity index (χ0) is 34.2. The fraction of sp³-hybridized carbons (Fsp3) is 0.583. The summed E-state index contributed by atoms with van der Waals surface area (Å²) in [6.07, 6.45) is 2.05. The largest absolute Gasteiger partial charge is 0.497 e. The SMILES string of the molecule is COc1ccc(COC[C@]2(O)C=C[C@]3(CC(=O)ON3Cc3ccccc3)[C@@H]3O[Si](C(C)C)(C(C)C)O[Si](C(C)C)(C(C)C)O[C@@H]32)cc1. The van der Waals surface area contributed by atoms with Crippen LogP contribution in [0.1, 0.15) is 72.9 Å². The number of hydrogen-bond donors (Lipinski definition) is 1. The van der Waals surface area contributed by atoms with Crippen LogP contribution >= 0.6 is 0 Å². The van der Waals surface area contributed by atoms with E-state index in [4.69, 9.17) is 27.3 Å². The monoisotopic (exact) mass is 683 g/mol. The van der Waals surface area contributed by atoms with Gasteiger partial charge in [0.1, 0.15) is 29.1 Å². The van der Waals surface area contributed by atoms with Crippen molar-refractivity contribution in [3.63, 3.8) is 0 Å². The number of nitrogens with zero attached hydrogens (tertiary/aromatic N) is 1. The number of methoxy groups -OCH3 is 1. The zero-order valence-electron chi connectivity index (χ0n) is 29.4. The lowest BCUT2D eigenvalue weighted by Crippen LogP contribution is -2.68. The first-order valence-corrected chi connectivity index (χ1v) is 20.9. The van der Waals surface area contributed by atoms with E-state index in [0.29, 0.717) is 6.54 Å². The van der Waals surface area contributed by atoms with Crippen molar-refractivity contribution < 1.29 is 37.2 Å². The molecule has 1 spiro atoms. The van der Waals surface area contributed by atoms with E-state index in [9.17, 15) is 9.90 Å². The highest BCUT2D eigenvalue weighted by Crippen LogP contribution is 2.54. The van der Waals surface area contributed by atoms with Gasteiger partial charge in [-0.3, -0.25) is 4.79 Å². The van der Waals surface area contributed by atoms with Gasteiger partial charge in [-0.1, -0.05) is 110 Å². The molecule has 1 aliphatic carbocycles. The first kappa shape index (κ1) is 35.9. The Hall–Kier alpha value is -2.36. The Bertz CT molecular complexity index is 1390. The average molecular weight is 684 g/mol. The third-order valence-electron chi connectivity index (χ3n) is 10.1. The van der Waals surface area contributed by atoms with E-state index < -0.39 is 40.5 Å².